The molecule has 0 bridgehead atoms. The number of aromatic hydroxyl groups is 1. The molecule has 0 fully saturated rings. The number of nitrogens with two attached hydrogens (primary N) is 1. The summed E-state index contributed by atoms with van der Waals surface area (Å²) in [5.41, 5.74) is 4.71. The molecule has 0 aromatic heterocycles. The van der Waals surface area contributed by atoms with Crippen molar-refractivity contribution in [3.05, 3.63) is 18.2 Å². The molecule has 0 aliphatic rings. The smallest absolute Gasteiger partial charge is 0.244 e. The van der Waals surface area contributed by atoms with Crippen LogP contribution in [0.4, 0.5) is 5.69 Å². The largest absolute Gasteiger partial charge is 0.506 e. The lowest BCUT2D eigenvalue weighted by molar-refractivity contribution is -0.120. The van der Waals surface area contributed by atoms with Crippen LogP contribution in [0.2, 0.25) is 0 Å². The number of anilines is 1. The molecule has 19 heavy (non-hydrogen) atoms. The first-order valence-electron chi connectivity index (χ1n) is 5.71. The third kappa shape index (κ3) is 3.68. The molecule has 0 radical (unpaired) electrons. The van der Waals surface area contributed by atoms with E-state index in [1.165, 1.54) is 18.2 Å². The first-order chi connectivity index (χ1) is 8.58. The highest BCUT2D eigenvalue weighted by Gasteiger charge is 2.26. The lowest BCUT2D eigenvalue weighted by Crippen LogP contribution is -2.47. The topological polar surface area (TPSA) is 109 Å². The van der Waals surface area contributed by atoms with Crippen molar-refractivity contribution in [3.8, 4) is 5.75 Å². The van der Waals surface area contributed by atoms with Gasteiger partial charge in [-0.15, -0.1) is 0 Å². The van der Waals surface area contributed by atoms with E-state index < -0.39 is 21.3 Å². The lowest BCUT2D eigenvalue weighted by Gasteiger charge is -2.22. The van der Waals surface area contributed by atoms with Crippen molar-refractivity contribution in [2.75, 3.05) is 11.6 Å². The Morgan fingerprint density at radius 3 is 2.53 bits per heavy atom. The molecule has 0 spiro atoms. The van der Waals surface area contributed by atoms with Gasteiger partial charge in [-0.2, -0.15) is 0 Å². The summed E-state index contributed by atoms with van der Waals surface area (Å²) < 4.78 is 22.8. The van der Waals surface area contributed by atoms with Crippen LogP contribution in [-0.4, -0.2) is 31.2 Å². The van der Waals surface area contributed by atoms with Crippen LogP contribution in [0.15, 0.2) is 23.1 Å². The van der Waals surface area contributed by atoms with E-state index >= 15 is 0 Å². The lowest BCUT2D eigenvalue weighted by atomic mass is 9.99. The maximum atomic E-state index is 11.9. The van der Waals surface area contributed by atoms with Crippen molar-refractivity contribution in [2.24, 2.45) is 5.73 Å². The van der Waals surface area contributed by atoms with Gasteiger partial charge in [0, 0.05) is 6.26 Å². The van der Waals surface area contributed by atoms with E-state index in [0.717, 1.165) is 6.26 Å². The predicted octanol–water partition coefficient (Wildman–Crippen LogP) is 0.862. The highest BCUT2D eigenvalue weighted by Crippen LogP contribution is 2.27. The fraction of sp³-hybridized carbons (Fsp3) is 0.417. The zero-order valence-electron chi connectivity index (χ0n) is 11.1. The Labute approximate surface area is 112 Å². The van der Waals surface area contributed by atoms with Gasteiger partial charge in [-0.25, -0.2) is 8.42 Å². The molecule has 0 aliphatic carbocycles. The summed E-state index contributed by atoms with van der Waals surface area (Å²) >= 11 is 0. The van der Waals surface area contributed by atoms with Gasteiger partial charge in [0.15, 0.2) is 9.84 Å². The number of hydrogen-bond acceptors (Lipinski definition) is 5. The predicted molar refractivity (Wildman–Crippen MR) is 72.7 cm³/mol. The number of phenols is 1. The van der Waals surface area contributed by atoms with Crippen LogP contribution in [0.1, 0.15) is 20.3 Å². The van der Waals surface area contributed by atoms with Crippen LogP contribution in [0.5, 0.6) is 5.75 Å². The minimum atomic E-state index is -3.41. The normalized spacial score (nSPS) is 14.7. The van der Waals surface area contributed by atoms with Gasteiger partial charge in [0.2, 0.25) is 5.91 Å². The van der Waals surface area contributed by atoms with Crippen LogP contribution in [0.25, 0.3) is 0 Å². The van der Waals surface area contributed by atoms with E-state index in [2.05, 4.69) is 5.32 Å². The van der Waals surface area contributed by atoms with Gasteiger partial charge < -0.3 is 16.2 Å². The fourth-order valence-electron chi connectivity index (χ4n) is 1.27. The summed E-state index contributed by atoms with van der Waals surface area (Å²) in [6.07, 6.45) is 1.45. The number of carbonyl (C=O) groups excluding carboxylic acids is 1. The summed E-state index contributed by atoms with van der Waals surface area (Å²) in [6, 6.07) is 3.68. The van der Waals surface area contributed by atoms with Crippen LogP contribution < -0.4 is 11.1 Å². The Morgan fingerprint density at radius 1 is 1.47 bits per heavy atom. The molecule has 0 aliphatic heterocycles. The number of nitrogens with one attached hydrogen (secondary N) is 1. The van der Waals surface area contributed by atoms with Crippen molar-refractivity contribution < 1.29 is 18.3 Å². The molecule has 6 nitrogen and oxygen atoms in total. The Bertz CT molecular complexity index is 594. The molecule has 4 N–H and O–H groups in total. The number of sulfone groups is 1. The van der Waals surface area contributed by atoms with E-state index in [4.69, 9.17) is 5.73 Å². The number of benzene rings is 1. The first-order valence-corrected chi connectivity index (χ1v) is 7.60. The van der Waals surface area contributed by atoms with Crippen LogP contribution >= 0.6 is 0 Å². The quantitative estimate of drug-likeness (QED) is 0.711. The average Bonchev–Trinajstić information content (AvgIpc) is 2.30. The van der Waals surface area contributed by atoms with Crippen molar-refractivity contribution in [1.29, 1.82) is 0 Å². The molecule has 1 aromatic rings. The number of phenolic OH excluding ortho intramolecular Hbond substituents is 1. The third-order valence-corrected chi connectivity index (χ3v) is 4.01. The minimum Gasteiger partial charge on any atom is -0.506 e. The maximum Gasteiger partial charge on any atom is 0.244 e. The molecule has 7 heteroatoms. The number of amides is 1. The van der Waals surface area contributed by atoms with Crippen LogP contribution in [0, 0.1) is 0 Å². The highest BCUT2D eigenvalue weighted by atomic mass is 32.2. The second kappa shape index (κ2) is 5.18. The molecular weight excluding hydrogens is 268 g/mol. The van der Waals surface area contributed by atoms with Gasteiger partial charge in [-0.1, -0.05) is 6.92 Å². The summed E-state index contributed by atoms with van der Waals surface area (Å²) in [5.74, 6) is -0.705. The number of rotatable bonds is 4. The monoisotopic (exact) mass is 286 g/mol. The summed E-state index contributed by atoms with van der Waals surface area (Å²) in [4.78, 5) is 11.9. The van der Waals surface area contributed by atoms with Gasteiger partial charge in [0.05, 0.1) is 16.1 Å². The van der Waals surface area contributed by atoms with Gasteiger partial charge in [-0.3, -0.25) is 4.79 Å². The molecule has 1 atom stereocenters. The van der Waals surface area contributed by atoms with Gasteiger partial charge in [-0.05, 0) is 31.5 Å². The molecule has 0 saturated carbocycles. The molecule has 1 rings (SSSR count). The molecule has 106 valence electrons. The molecule has 1 amide bonds. The third-order valence-electron chi connectivity index (χ3n) is 2.90. The number of hydrogen-bond donors (Lipinski definition) is 3. The van der Waals surface area contributed by atoms with Crippen molar-refractivity contribution in [2.45, 2.75) is 30.7 Å². The fourth-order valence-corrected chi connectivity index (χ4v) is 1.92. The van der Waals surface area contributed by atoms with E-state index in [-0.39, 0.29) is 16.3 Å². The molecular formula is C12H18N2O4S. The van der Waals surface area contributed by atoms with Crippen molar-refractivity contribution >= 4 is 21.4 Å². The van der Waals surface area contributed by atoms with E-state index in [0.29, 0.717) is 6.42 Å². The summed E-state index contributed by atoms with van der Waals surface area (Å²) in [7, 11) is -3.41. The van der Waals surface area contributed by atoms with Crippen LogP contribution in [-0.2, 0) is 14.6 Å². The zero-order chi connectivity index (χ0) is 14.8. The van der Waals surface area contributed by atoms with Gasteiger partial charge in [0.1, 0.15) is 5.75 Å². The average molecular weight is 286 g/mol. The second-order valence-electron chi connectivity index (χ2n) is 4.68. The van der Waals surface area contributed by atoms with E-state index in [9.17, 15) is 18.3 Å². The second-order valence-corrected chi connectivity index (χ2v) is 6.69. The molecule has 0 saturated heterocycles. The first kappa shape index (κ1) is 15.5. The van der Waals surface area contributed by atoms with Crippen molar-refractivity contribution in [1.82, 2.24) is 0 Å². The summed E-state index contributed by atoms with van der Waals surface area (Å²) in [5, 5.41) is 12.1. The SMILES string of the molecule is CCC(C)(N)C(=O)Nc1cc(S(C)(=O)=O)ccc1O. The zero-order valence-corrected chi connectivity index (χ0v) is 11.9. The molecule has 0 heterocycles. The minimum absolute atomic E-state index is 0.0100. The highest BCUT2D eigenvalue weighted by molar-refractivity contribution is 7.90. The number of carbonyl (C=O) groups is 1. The van der Waals surface area contributed by atoms with E-state index in [1.807, 2.05) is 0 Å². The summed E-state index contributed by atoms with van der Waals surface area (Å²) in [6.45, 7) is 3.31. The Hall–Kier alpha value is -1.60. The molecule has 1 aromatic carbocycles. The van der Waals surface area contributed by atoms with Gasteiger partial charge in [0.25, 0.3) is 0 Å². The Morgan fingerprint density at radius 2 is 2.05 bits per heavy atom. The van der Waals surface area contributed by atoms with Gasteiger partial charge >= 0.3 is 0 Å². The molecule has 1 unspecified atom stereocenters. The Balaban J connectivity index is 3.12. The van der Waals surface area contributed by atoms with Crippen LogP contribution in [0.3, 0.4) is 0 Å². The standard InChI is InChI=1S/C12H18N2O4S/c1-4-12(2,13)11(16)14-9-7-8(19(3,17)18)5-6-10(9)15/h5-7,15H,4,13H2,1-3H3,(H,14,16). The maximum absolute atomic E-state index is 11.9. The van der Waals surface area contributed by atoms with E-state index in [1.54, 1.807) is 13.8 Å². The Kier molecular flexibility index (Phi) is 4.21. The van der Waals surface area contributed by atoms with Crippen molar-refractivity contribution in [3.63, 3.8) is 0 Å².